The lowest BCUT2D eigenvalue weighted by atomic mass is 9.80. The quantitative estimate of drug-likeness (QED) is 0.119. The van der Waals surface area contributed by atoms with E-state index < -0.39 is 30.1 Å². The molecule has 0 radical (unpaired) electrons. The molecule has 2 aromatic heterocycles. The molecule has 1 aliphatic rings. The molecule has 0 aliphatic carbocycles. The number of carbonyl (C=O) groups is 1. The van der Waals surface area contributed by atoms with Crippen LogP contribution in [0.5, 0.6) is 11.5 Å². The Morgan fingerprint density at radius 1 is 0.868 bits per heavy atom. The third-order valence-corrected chi connectivity index (χ3v) is 9.21. The van der Waals surface area contributed by atoms with Crippen LogP contribution in [0.25, 0.3) is 11.2 Å². The van der Waals surface area contributed by atoms with Crippen LogP contribution >= 0.6 is 0 Å². The number of nitrogens with one attached hydrogen (secondary N) is 1. The smallest absolute Gasteiger partial charge is 0.256 e. The van der Waals surface area contributed by atoms with Crippen LogP contribution in [0.2, 0.25) is 0 Å². The van der Waals surface area contributed by atoms with Crippen molar-refractivity contribution in [3.8, 4) is 23.8 Å². The number of imidazole rings is 1. The van der Waals surface area contributed by atoms with Gasteiger partial charge >= 0.3 is 0 Å². The third-order valence-electron chi connectivity index (χ3n) is 9.21. The summed E-state index contributed by atoms with van der Waals surface area (Å²) in [5, 5.41) is 14.6. The predicted octanol–water partition coefficient (Wildman–Crippen LogP) is 5.38. The number of carbonyl (C=O) groups excluding carboxylic acids is 1. The van der Waals surface area contributed by atoms with Crippen molar-refractivity contribution < 1.29 is 33.6 Å². The van der Waals surface area contributed by atoms with Crippen LogP contribution in [0.3, 0.4) is 0 Å². The Kier molecular flexibility index (Phi) is 10.4. The van der Waals surface area contributed by atoms with Crippen molar-refractivity contribution in [2.75, 3.05) is 32.8 Å². The second-order valence-corrected chi connectivity index (χ2v) is 12.2. The molecule has 0 saturated carbocycles. The van der Waals surface area contributed by atoms with Gasteiger partial charge < -0.3 is 34.1 Å². The van der Waals surface area contributed by atoms with E-state index in [1.807, 2.05) is 84.9 Å². The van der Waals surface area contributed by atoms with Gasteiger partial charge in [-0.15, -0.1) is 6.42 Å². The molecule has 1 aliphatic heterocycles. The first-order valence-electron chi connectivity index (χ1n) is 16.9. The molecule has 0 spiro atoms. The molecule has 12 nitrogen and oxygen atoms in total. The fourth-order valence-electron chi connectivity index (χ4n) is 6.58. The van der Waals surface area contributed by atoms with E-state index >= 15 is 0 Å². The third kappa shape index (κ3) is 6.94. The Morgan fingerprint density at radius 2 is 1.47 bits per heavy atom. The number of benzene rings is 4. The van der Waals surface area contributed by atoms with Gasteiger partial charge in [0.2, 0.25) is 0 Å². The molecule has 12 heteroatoms. The highest BCUT2D eigenvalue weighted by molar-refractivity contribution is 6.06. The highest BCUT2D eigenvalue weighted by atomic mass is 16.6. The maximum atomic E-state index is 13.0. The monoisotopic (exact) mass is 711 g/mol. The van der Waals surface area contributed by atoms with Gasteiger partial charge in [-0.1, -0.05) is 78.7 Å². The number of anilines is 1. The number of terminal acetylenes is 1. The van der Waals surface area contributed by atoms with E-state index in [9.17, 15) is 9.90 Å². The molecule has 53 heavy (non-hydrogen) atoms. The summed E-state index contributed by atoms with van der Waals surface area (Å²) < 4.78 is 32.2. The van der Waals surface area contributed by atoms with Crippen LogP contribution in [0.1, 0.15) is 33.3 Å². The van der Waals surface area contributed by atoms with Crippen molar-refractivity contribution >= 4 is 22.9 Å². The number of aliphatic hydroxyl groups excluding tert-OH is 1. The Balaban J connectivity index is 1.24. The maximum Gasteiger partial charge on any atom is 0.256 e. The lowest BCUT2D eigenvalue weighted by Gasteiger charge is -2.37. The molecule has 1 unspecified atom stereocenters. The molecule has 2 N–H and O–H groups in total. The number of hydrogen-bond acceptors (Lipinski definition) is 10. The van der Waals surface area contributed by atoms with Crippen molar-refractivity contribution in [3.05, 3.63) is 144 Å². The fraction of sp³-hybridized carbons (Fsp3) is 0.220. The van der Waals surface area contributed by atoms with E-state index in [4.69, 9.17) is 30.1 Å². The largest absolute Gasteiger partial charge is 0.497 e. The molecule has 6 aromatic rings. The predicted molar refractivity (Wildman–Crippen MR) is 196 cm³/mol. The molecule has 1 saturated heterocycles. The zero-order valence-corrected chi connectivity index (χ0v) is 29.0. The molecule has 7 rings (SSSR count). The molecular weight excluding hydrogens is 674 g/mol. The van der Waals surface area contributed by atoms with Crippen LogP contribution < -0.4 is 14.8 Å². The van der Waals surface area contributed by atoms with E-state index in [-0.39, 0.29) is 24.9 Å². The number of rotatable bonds is 13. The summed E-state index contributed by atoms with van der Waals surface area (Å²) in [5.41, 5.74) is 2.47. The second kappa shape index (κ2) is 15.6. The van der Waals surface area contributed by atoms with E-state index in [1.54, 1.807) is 43.1 Å². The first-order chi connectivity index (χ1) is 26.0. The highest BCUT2D eigenvalue weighted by Crippen LogP contribution is 2.43. The average Bonchev–Trinajstić information content (AvgIpc) is 3.79. The molecule has 1 fully saturated rings. The summed E-state index contributed by atoms with van der Waals surface area (Å²) in [6, 6.07) is 33.9. The van der Waals surface area contributed by atoms with Gasteiger partial charge in [0.05, 0.1) is 27.2 Å². The van der Waals surface area contributed by atoms with Gasteiger partial charge in [-0.25, -0.2) is 15.0 Å². The van der Waals surface area contributed by atoms with E-state index in [0.29, 0.717) is 28.2 Å². The van der Waals surface area contributed by atoms with E-state index in [1.165, 1.54) is 12.7 Å². The number of hydrogen-bond donors (Lipinski definition) is 2. The number of nitrogens with zero attached hydrogens (tertiary/aromatic N) is 4. The second-order valence-electron chi connectivity index (χ2n) is 12.2. The normalized spacial score (nSPS) is 18.4. The highest BCUT2D eigenvalue weighted by Gasteiger charge is 2.48. The van der Waals surface area contributed by atoms with Crippen molar-refractivity contribution in [3.63, 3.8) is 0 Å². The molecule has 4 aromatic carbocycles. The summed E-state index contributed by atoms with van der Waals surface area (Å²) in [5.74, 6) is 3.73. The number of ether oxygens (including phenoxy) is 5. The minimum atomic E-state index is -1.18. The van der Waals surface area contributed by atoms with E-state index in [2.05, 4.69) is 26.2 Å². The summed E-state index contributed by atoms with van der Waals surface area (Å²) in [4.78, 5) is 26.2. The summed E-state index contributed by atoms with van der Waals surface area (Å²) in [6.07, 6.45) is 4.50. The van der Waals surface area contributed by atoms with Crippen molar-refractivity contribution in [1.82, 2.24) is 19.5 Å². The minimum absolute atomic E-state index is 0.0689. The van der Waals surface area contributed by atoms with Crippen molar-refractivity contribution in [1.29, 1.82) is 0 Å². The standard InChI is InChI=1S/C41H37N5O7/c1-4-23-51-36-35(47)33(53-40(36)46-26-44-34-37(42-25-43-38(34)46)45-39(48)27-11-7-5-8-12-27)24-52-41(28-13-9-6-10-14-28,29-15-19-31(49-2)20-16-29)30-17-21-32(50-3)22-18-30/h1,5-22,25-26,33,35-36,40,47H,23-24H2,2-3H3,(H,42,43,45,48)/t33-,35-,36-,40?/m1/s1. The summed E-state index contributed by atoms with van der Waals surface area (Å²) in [6.45, 7) is -0.151. The van der Waals surface area contributed by atoms with Crippen LogP contribution in [-0.2, 0) is 19.8 Å². The summed E-state index contributed by atoms with van der Waals surface area (Å²) >= 11 is 0. The van der Waals surface area contributed by atoms with Gasteiger partial charge in [-0.3, -0.25) is 9.36 Å². The fourth-order valence-corrected chi connectivity index (χ4v) is 6.58. The van der Waals surface area contributed by atoms with Crippen LogP contribution in [0.15, 0.2) is 122 Å². The van der Waals surface area contributed by atoms with Crippen LogP contribution in [0, 0.1) is 12.3 Å². The van der Waals surface area contributed by atoms with Crippen LogP contribution in [0.4, 0.5) is 5.82 Å². The van der Waals surface area contributed by atoms with Gasteiger partial charge in [0, 0.05) is 5.56 Å². The molecular formula is C41H37N5O7. The molecule has 3 heterocycles. The SMILES string of the molecule is C#CCO[C@H]1C(n2cnc3c(NC(=O)c4ccccc4)ncnc32)O[C@H](COC(c2ccccc2)(c2ccc(OC)cc2)c2ccc(OC)cc2)[C@H]1O. The first-order valence-corrected chi connectivity index (χ1v) is 16.9. The van der Waals surface area contributed by atoms with Gasteiger partial charge in [0.15, 0.2) is 23.2 Å². The van der Waals surface area contributed by atoms with Crippen LogP contribution in [-0.4, -0.2) is 76.3 Å². The molecule has 1 amide bonds. The Morgan fingerprint density at radius 3 is 2.08 bits per heavy atom. The Bertz CT molecular complexity index is 2140. The summed E-state index contributed by atoms with van der Waals surface area (Å²) in [7, 11) is 3.23. The van der Waals surface area contributed by atoms with E-state index in [0.717, 1.165) is 16.7 Å². The lowest BCUT2D eigenvalue weighted by Crippen LogP contribution is -2.40. The first kappa shape index (κ1) is 35.3. The molecule has 268 valence electrons. The van der Waals surface area contributed by atoms with Crippen molar-refractivity contribution in [2.45, 2.75) is 30.1 Å². The van der Waals surface area contributed by atoms with Gasteiger partial charge in [-0.2, -0.15) is 0 Å². The number of aliphatic hydroxyl groups is 1. The molecule has 4 atom stereocenters. The number of fused-ring (bicyclic) bond motifs is 1. The lowest BCUT2D eigenvalue weighted by molar-refractivity contribution is -0.0953. The topological polar surface area (TPSA) is 139 Å². The number of amides is 1. The number of methoxy groups -OCH3 is 2. The number of aromatic nitrogens is 4. The maximum absolute atomic E-state index is 13.0. The minimum Gasteiger partial charge on any atom is -0.497 e. The zero-order chi connectivity index (χ0) is 36.8. The Labute approximate surface area is 306 Å². The Hall–Kier alpha value is -6.10. The zero-order valence-electron chi connectivity index (χ0n) is 29.0. The van der Waals surface area contributed by atoms with Gasteiger partial charge in [0.1, 0.15) is 48.3 Å². The van der Waals surface area contributed by atoms with Gasteiger partial charge in [0.25, 0.3) is 5.91 Å². The average molecular weight is 712 g/mol. The molecule has 0 bridgehead atoms. The van der Waals surface area contributed by atoms with Gasteiger partial charge in [-0.05, 0) is 53.1 Å². The van der Waals surface area contributed by atoms with Crippen molar-refractivity contribution in [2.24, 2.45) is 0 Å².